The minimum absolute atomic E-state index is 0. The van der Waals surface area contributed by atoms with Crippen molar-refractivity contribution in [1.29, 1.82) is 0 Å². The number of hydrogen-bond donors (Lipinski definition) is 8. The zero-order valence-electron chi connectivity index (χ0n) is 25.1. The molecule has 42 heavy (non-hydrogen) atoms. The molecule has 1 saturated carbocycles. The zero-order chi connectivity index (χ0) is 30.6. The van der Waals surface area contributed by atoms with Crippen molar-refractivity contribution in [2.75, 3.05) is 58.9 Å². The molecule has 1 fully saturated rings. The smallest absolute Gasteiger partial charge is 1.00 e. The van der Waals surface area contributed by atoms with Gasteiger partial charge in [0.25, 0.3) is 0 Å². The number of aliphatic carboxylic acids is 8. The second kappa shape index (κ2) is 21.3. The first-order chi connectivity index (χ1) is 17.9. The van der Waals surface area contributed by atoms with Crippen LogP contribution in [0.5, 0.6) is 0 Å². The van der Waals surface area contributed by atoms with Crippen LogP contribution in [0.25, 0.3) is 0 Å². The van der Waals surface area contributed by atoms with Gasteiger partial charge < -0.3 is 54.7 Å². The van der Waals surface area contributed by atoms with Crippen LogP contribution in [0.3, 0.4) is 0 Å². The molecular weight excluding hydrogens is 598 g/mol. The Hall–Kier alpha value is -2.40. The molecule has 0 radical (unpaired) electrons. The Bertz CT molecular complexity index is 894. The van der Waals surface area contributed by atoms with Crippen molar-refractivity contribution in [2.45, 2.75) is 18.4 Å². The number of carbonyl (C=O) groups is 8. The Morgan fingerprint density at radius 2 is 0.881 bits per heavy atom. The first-order valence-electron chi connectivity index (χ1n) is 10.9. The number of carboxylic acids is 8. The molecule has 1 aliphatic carbocycles. The van der Waals surface area contributed by atoms with E-state index in [9.17, 15) is 43.5 Å². The number of rotatable bonds is 19. The van der Waals surface area contributed by atoms with Crippen LogP contribution in [0.2, 0.25) is 0 Å². The van der Waals surface area contributed by atoms with Crippen molar-refractivity contribution in [3.8, 4) is 0 Å². The maximum absolute atomic E-state index is 11.3. The molecule has 22 heteroatoms. The molecule has 1 rings (SSSR count). The Morgan fingerprint density at radius 1 is 0.595 bits per heavy atom. The van der Waals surface area contributed by atoms with Crippen LogP contribution in [0.4, 0.5) is 0 Å². The van der Waals surface area contributed by atoms with E-state index in [0.29, 0.717) is 0 Å². The van der Waals surface area contributed by atoms with E-state index in [1.165, 1.54) is 0 Å². The van der Waals surface area contributed by atoms with Crippen LogP contribution < -0.4 is 70.4 Å². The number of carbonyl (C=O) groups excluding carboxylic acids is 1. The third-order valence-electron chi connectivity index (χ3n) is 5.51. The molecule has 232 valence electrons. The van der Waals surface area contributed by atoms with Crippen LogP contribution in [0, 0.1) is 0 Å². The van der Waals surface area contributed by atoms with Crippen molar-refractivity contribution in [2.24, 2.45) is 0 Å². The van der Waals surface area contributed by atoms with Gasteiger partial charge in [0, 0.05) is 25.9 Å². The SMILES string of the molecule is N.O=C(O)CN(CCN(CC(=O)O)CC(=O)O)CC(=O)O.O=C([O-])C[N+](CC(=O)O)(CC(=O)O)C1(C(=O)O)CC1.[H-].[H-].[Na+].[Na+]. The molecule has 0 unspecified atom stereocenters. The predicted octanol–water partition coefficient (Wildman–Crippen LogP) is -10.3. The third-order valence-corrected chi connectivity index (χ3v) is 5.51. The predicted molar refractivity (Wildman–Crippen MR) is 125 cm³/mol. The van der Waals surface area contributed by atoms with E-state index >= 15 is 0 Å². The summed E-state index contributed by atoms with van der Waals surface area (Å²) in [5.74, 6) is -10.9. The molecule has 0 aromatic heterocycles. The summed E-state index contributed by atoms with van der Waals surface area (Å²) in [6, 6.07) is 0. The van der Waals surface area contributed by atoms with Gasteiger partial charge in [-0.2, -0.15) is 0 Å². The van der Waals surface area contributed by atoms with E-state index < -0.39 is 104 Å². The summed E-state index contributed by atoms with van der Waals surface area (Å²) in [5, 5.41) is 72.1. The first kappa shape index (κ1) is 46.6. The van der Waals surface area contributed by atoms with Gasteiger partial charge in [-0.1, -0.05) is 0 Å². The van der Waals surface area contributed by atoms with E-state index in [0.717, 1.165) is 9.80 Å². The van der Waals surface area contributed by atoms with Crippen molar-refractivity contribution >= 4 is 47.8 Å². The topological polar surface area (TPSA) is 343 Å². The molecule has 0 atom stereocenters. The average Bonchev–Trinajstić information content (AvgIpc) is 3.51. The molecule has 0 saturated heterocycles. The Balaban J connectivity index is -0.000000147. The molecule has 0 aliphatic heterocycles. The summed E-state index contributed by atoms with van der Waals surface area (Å²) in [4.78, 5) is 88.1. The Kier molecular flexibility index (Phi) is 23.6. The van der Waals surface area contributed by atoms with Crippen molar-refractivity contribution in [3.63, 3.8) is 0 Å². The minimum Gasteiger partial charge on any atom is -1.00 e. The third kappa shape index (κ3) is 17.5. The van der Waals surface area contributed by atoms with Gasteiger partial charge in [0.15, 0.2) is 18.6 Å². The summed E-state index contributed by atoms with van der Waals surface area (Å²) in [7, 11) is 0. The Morgan fingerprint density at radius 3 is 1.05 bits per heavy atom. The van der Waals surface area contributed by atoms with Gasteiger partial charge in [0.2, 0.25) is 0 Å². The van der Waals surface area contributed by atoms with Crippen molar-refractivity contribution in [1.82, 2.24) is 16.0 Å². The number of carboxylic acid groups (broad SMARTS) is 8. The summed E-state index contributed by atoms with van der Waals surface area (Å²) < 4.78 is -1.07. The van der Waals surface area contributed by atoms with E-state index in [4.69, 9.17) is 35.7 Å². The maximum Gasteiger partial charge on any atom is 1.00 e. The normalized spacial score (nSPS) is 12.6. The van der Waals surface area contributed by atoms with E-state index in [1.807, 2.05) is 0 Å². The summed E-state index contributed by atoms with van der Waals surface area (Å²) in [6.45, 7) is -5.01. The van der Waals surface area contributed by atoms with Gasteiger partial charge in [-0.15, -0.1) is 0 Å². The summed E-state index contributed by atoms with van der Waals surface area (Å²) in [5.41, 5.74) is -1.67. The maximum atomic E-state index is 11.3. The molecule has 0 amide bonds. The fourth-order valence-corrected chi connectivity index (χ4v) is 3.87. The molecule has 0 aromatic rings. The van der Waals surface area contributed by atoms with Gasteiger partial charge in [0.1, 0.15) is 6.54 Å². The zero-order valence-corrected chi connectivity index (χ0v) is 27.1. The first-order valence-corrected chi connectivity index (χ1v) is 10.9. The fraction of sp³-hybridized carbons (Fsp3) is 0.600. The standard InChI is InChI=1S/C10H16N2O8.C10H13NO8.H3N.2Na.2H/c13-7(14)3-11(4-8(15)16)1-2-12(5-9(17)18)6-10(19)20;12-6(13)3-11(4-7(14)15,5-8(16)17)10(1-2-10)9(18)19;;;;;/h1-6H2,(H,13,14)(H,15,16)(H,17,18)(H,19,20);1-5H2,(H3-,12,13,14,15,16,17,18,19);1H3;;;;/q;;;2*+1;2*-1. The van der Waals surface area contributed by atoms with Gasteiger partial charge in [0.05, 0.1) is 32.1 Å². The van der Waals surface area contributed by atoms with Crippen LogP contribution >= 0.6 is 0 Å². The molecule has 10 N–H and O–H groups in total. The summed E-state index contributed by atoms with van der Waals surface area (Å²) in [6.07, 6.45) is 0.0757. The largest absolute Gasteiger partial charge is 1.00 e. The van der Waals surface area contributed by atoms with Crippen LogP contribution in [-0.2, 0) is 38.4 Å². The number of nitrogens with zero attached hydrogens (tertiary/aromatic N) is 3. The van der Waals surface area contributed by atoms with Gasteiger partial charge in [-0.05, 0) is 0 Å². The van der Waals surface area contributed by atoms with Crippen LogP contribution in [0.1, 0.15) is 15.7 Å². The molecule has 1 aliphatic rings. The quantitative estimate of drug-likeness (QED) is 0.0484. The molecule has 0 bridgehead atoms. The molecule has 20 nitrogen and oxygen atoms in total. The molecule has 0 heterocycles. The van der Waals surface area contributed by atoms with E-state index in [1.54, 1.807) is 0 Å². The fourth-order valence-electron chi connectivity index (χ4n) is 3.87. The minimum atomic E-state index is -1.69. The molecular formula is C20H34N4Na2O16. The van der Waals surface area contributed by atoms with Crippen molar-refractivity contribution < 1.29 is 146 Å². The van der Waals surface area contributed by atoms with Crippen LogP contribution in [0.15, 0.2) is 0 Å². The summed E-state index contributed by atoms with van der Waals surface area (Å²) >= 11 is 0. The van der Waals surface area contributed by atoms with Gasteiger partial charge in [-0.25, -0.2) is 14.4 Å². The molecule has 0 spiro atoms. The van der Waals surface area contributed by atoms with E-state index in [-0.39, 0.29) is 94.0 Å². The van der Waals surface area contributed by atoms with Gasteiger partial charge in [-0.3, -0.25) is 33.5 Å². The average molecular weight is 632 g/mol. The van der Waals surface area contributed by atoms with Crippen LogP contribution in [-0.4, -0.2) is 162 Å². The van der Waals surface area contributed by atoms with Gasteiger partial charge >= 0.3 is 101 Å². The second-order valence-electron chi connectivity index (χ2n) is 8.61. The number of hydrogen-bond acceptors (Lipinski definition) is 12. The number of quaternary nitrogens is 1. The van der Waals surface area contributed by atoms with Crippen molar-refractivity contribution in [3.05, 3.63) is 0 Å². The molecule has 0 aromatic carbocycles. The van der Waals surface area contributed by atoms with E-state index in [2.05, 4.69) is 0 Å². The Labute approximate surface area is 285 Å². The monoisotopic (exact) mass is 632 g/mol. The second-order valence-corrected chi connectivity index (χ2v) is 8.61.